The van der Waals surface area contributed by atoms with Crippen LogP contribution in [0.15, 0.2) is 18.2 Å². The predicted octanol–water partition coefficient (Wildman–Crippen LogP) is 2.92. The fourth-order valence-electron chi connectivity index (χ4n) is 3.21. The molecule has 1 spiro atoms. The van der Waals surface area contributed by atoms with Gasteiger partial charge in [0.25, 0.3) is 0 Å². The van der Waals surface area contributed by atoms with Gasteiger partial charge in [0.15, 0.2) is 5.78 Å². The molecule has 102 valence electrons. The van der Waals surface area contributed by atoms with Crippen molar-refractivity contribution in [1.29, 1.82) is 0 Å². The van der Waals surface area contributed by atoms with Crippen LogP contribution in [0.4, 0.5) is 0 Å². The Bertz CT molecular complexity index is 509. The van der Waals surface area contributed by atoms with Gasteiger partial charge in [-0.25, -0.2) is 0 Å². The molecule has 0 bridgehead atoms. The Morgan fingerprint density at radius 2 is 2.16 bits per heavy atom. The maximum atomic E-state index is 12.5. The van der Waals surface area contributed by atoms with Gasteiger partial charge in [-0.2, -0.15) is 0 Å². The number of piperidine rings is 1. The maximum Gasteiger partial charge on any atom is 0.166 e. The molecule has 3 nitrogen and oxygen atoms in total. The minimum atomic E-state index is 0.195. The molecule has 2 aliphatic rings. The molecule has 1 atom stereocenters. The largest absolute Gasteiger partial charge is 0.495 e. The van der Waals surface area contributed by atoms with Crippen molar-refractivity contribution in [2.24, 2.45) is 11.3 Å². The molecular weight excluding hydrogens is 262 g/mol. The molecule has 1 saturated heterocycles. The van der Waals surface area contributed by atoms with Gasteiger partial charge in [0.05, 0.1) is 12.1 Å². The average Bonchev–Trinajstić information content (AvgIpc) is 3.12. The standard InChI is InChI=1S/C15H18ClNO2/c1-19-13-8-10(2-3-12(13)16)14(18)11-9-15(11)4-6-17-7-5-15/h2-3,8,11,17H,4-7,9H2,1H3. The van der Waals surface area contributed by atoms with Gasteiger partial charge < -0.3 is 10.1 Å². The minimum absolute atomic E-state index is 0.195. The second kappa shape index (κ2) is 4.80. The van der Waals surface area contributed by atoms with Crippen LogP contribution < -0.4 is 10.1 Å². The van der Waals surface area contributed by atoms with Crippen molar-refractivity contribution in [3.63, 3.8) is 0 Å². The summed E-state index contributed by atoms with van der Waals surface area (Å²) < 4.78 is 5.18. The predicted molar refractivity (Wildman–Crippen MR) is 75.0 cm³/mol. The van der Waals surface area contributed by atoms with Crippen molar-refractivity contribution >= 4 is 17.4 Å². The molecule has 0 amide bonds. The van der Waals surface area contributed by atoms with Crippen LogP contribution >= 0.6 is 11.6 Å². The number of hydrogen-bond acceptors (Lipinski definition) is 3. The quantitative estimate of drug-likeness (QED) is 0.865. The lowest BCUT2D eigenvalue weighted by Crippen LogP contribution is -2.30. The molecule has 1 unspecified atom stereocenters. The summed E-state index contributed by atoms with van der Waals surface area (Å²) in [5.74, 6) is 1.02. The van der Waals surface area contributed by atoms with Gasteiger partial charge in [-0.15, -0.1) is 0 Å². The van der Waals surface area contributed by atoms with Crippen LogP contribution in [-0.2, 0) is 0 Å². The van der Waals surface area contributed by atoms with Crippen molar-refractivity contribution in [3.8, 4) is 5.75 Å². The molecule has 19 heavy (non-hydrogen) atoms. The number of ether oxygens (including phenoxy) is 1. The minimum Gasteiger partial charge on any atom is -0.495 e. The van der Waals surface area contributed by atoms with Crippen LogP contribution in [0.3, 0.4) is 0 Å². The summed E-state index contributed by atoms with van der Waals surface area (Å²) in [6, 6.07) is 5.31. The number of carbonyl (C=O) groups is 1. The van der Waals surface area contributed by atoms with Crippen LogP contribution in [0.5, 0.6) is 5.75 Å². The lowest BCUT2D eigenvalue weighted by atomic mass is 9.89. The molecule has 1 saturated carbocycles. The fraction of sp³-hybridized carbons (Fsp3) is 0.533. The van der Waals surface area contributed by atoms with Gasteiger partial charge in [-0.3, -0.25) is 4.79 Å². The highest BCUT2D eigenvalue weighted by molar-refractivity contribution is 6.32. The van der Waals surface area contributed by atoms with Gasteiger partial charge in [-0.1, -0.05) is 11.6 Å². The van der Waals surface area contributed by atoms with E-state index in [9.17, 15) is 4.79 Å². The van der Waals surface area contributed by atoms with Crippen LogP contribution in [0.25, 0.3) is 0 Å². The van der Waals surface area contributed by atoms with Gasteiger partial charge >= 0.3 is 0 Å². The fourth-order valence-corrected chi connectivity index (χ4v) is 3.40. The third-order valence-corrected chi connectivity index (χ3v) is 4.85. The van der Waals surface area contributed by atoms with Gasteiger partial charge in [-0.05, 0) is 56.0 Å². The van der Waals surface area contributed by atoms with E-state index in [0.29, 0.717) is 10.8 Å². The second-order valence-electron chi connectivity index (χ2n) is 5.58. The Balaban J connectivity index is 1.78. The lowest BCUT2D eigenvalue weighted by Gasteiger charge is -2.23. The normalized spacial score (nSPS) is 24.2. The lowest BCUT2D eigenvalue weighted by molar-refractivity contribution is 0.0940. The van der Waals surface area contributed by atoms with E-state index in [4.69, 9.17) is 16.3 Å². The molecule has 1 N–H and O–H groups in total. The van der Waals surface area contributed by atoms with Gasteiger partial charge in [0.1, 0.15) is 5.75 Å². The monoisotopic (exact) mass is 279 g/mol. The molecule has 2 fully saturated rings. The Hall–Kier alpha value is -1.06. The van der Waals surface area contributed by atoms with Crippen molar-refractivity contribution < 1.29 is 9.53 Å². The first-order chi connectivity index (χ1) is 9.16. The summed E-state index contributed by atoms with van der Waals surface area (Å²) in [4.78, 5) is 12.5. The maximum absolute atomic E-state index is 12.5. The molecule has 0 radical (unpaired) electrons. The number of benzene rings is 1. The summed E-state index contributed by atoms with van der Waals surface area (Å²) in [5, 5.41) is 3.90. The molecule has 4 heteroatoms. The summed E-state index contributed by atoms with van der Waals surface area (Å²) in [6.45, 7) is 2.07. The Morgan fingerprint density at radius 3 is 2.84 bits per heavy atom. The van der Waals surface area contributed by atoms with E-state index in [1.165, 1.54) is 0 Å². The van der Waals surface area contributed by atoms with Crippen LogP contribution in [0.2, 0.25) is 5.02 Å². The Labute approximate surface area is 118 Å². The molecule has 1 aliphatic heterocycles. The topological polar surface area (TPSA) is 38.3 Å². The van der Waals surface area contributed by atoms with Crippen molar-refractivity contribution in [1.82, 2.24) is 5.32 Å². The zero-order chi connectivity index (χ0) is 13.5. The first-order valence-electron chi connectivity index (χ1n) is 6.75. The van der Waals surface area contributed by atoms with E-state index in [2.05, 4.69) is 5.32 Å². The molecule has 1 aliphatic carbocycles. The summed E-state index contributed by atoms with van der Waals surface area (Å²) in [6.07, 6.45) is 3.28. The highest BCUT2D eigenvalue weighted by Crippen LogP contribution is 2.59. The zero-order valence-corrected chi connectivity index (χ0v) is 11.8. The van der Waals surface area contributed by atoms with Crippen LogP contribution in [-0.4, -0.2) is 26.0 Å². The Kier molecular flexibility index (Phi) is 3.27. The third-order valence-electron chi connectivity index (χ3n) is 4.54. The Morgan fingerprint density at radius 1 is 1.42 bits per heavy atom. The first-order valence-corrected chi connectivity index (χ1v) is 7.12. The van der Waals surface area contributed by atoms with E-state index in [1.807, 2.05) is 0 Å². The number of rotatable bonds is 3. The molecule has 1 heterocycles. The van der Waals surface area contributed by atoms with Crippen molar-refractivity contribution in [3.05, 3.63) is 28.8 Å². The number of halogens is 1. The number of ketones is 1. The molecule has 1 aromatic rings. The van der Waals surface area contributed by atoms with Crippen LogP contribution in [0.1, 0.15) is 29.6 Å². The molecule has 3 rings (SSSR count). The van der Waals surface area contributed by atoms with Crippen molar-refractivity contribution in [2.45, 2.75) is 19.3 Å². The summed E-state index contributed by atoms with van der Waals surface area (Å²) in [5.41, 5.74) is 0.997. The van der Waals surface area contributed by atoms with E-state index in [1.54, 1.807) is 25.3 Å². The number of Topliss-reactive ketones (excluding diaryl/α,β-unsaturated/α-hetero) is 1. The SMILES string of the molecule is COc1cc(C(=O)C2CC23CCNCC3)ccc1Cl. The smallest absolute Gasteiger partial charge is 0.166 e. The van der Waals surface area contributed by atoms with Gasteiger partial charge in [0, 0.05) is 11.5 Å². The number of hydrogen-bond donors (Lipinski definition) is 1. The second-order valence-corrected chi connectivity index (χ2v) is 5.99. The number of carbonyl (C=O) groups excluding carboxylic acids is 1. The van der Waals surface area contributed by atoms with E-state index in [-0.39, 0.29) is 17.1 Å². The van der Waals surface area contributed by atoms with E-state index in [0.717, 1.165) is 37.9 Å². The van der Waals surface area contributed by atoms with E-state index < -0.39 is 0 Å². The highest BCUT2D eigenvalue weighted by atomic mass is 35.5. The van der Waals surface area contributed by atoms with E-state index >= 15 is 0 Å². The average molecular weight is 280 g/mol. The van der Waals surface area contributed by atoms with Gasteiger partial charge in [0.2, 0.25) is 0 Å². The summed E-state index contributed by atoms with van der Waals surface area (Å²) >= 11 is 5.99. The molecular formula is C15H18ClNO2. The number of nitrogens with one attached hydrogen (secondary N) is 1. The number of methoxy groups -OCH3 is 1. The highest BCUT2D eigenvalue weighted by Gasteiger charge is 2.57. The van der Waals surface area contributed by atoms with Crippen LogP contribution in [0, 0.1) is 11.3 Å². The zero-order valence-electron chi connectivity index (χ0n) is 11.0. The first kappa shape index (κ1) is 12.9. The third kappa shape index (κ3) is 2.26. The molecule has 1 aromatic carbocycles. The molecule has 0 aromatic heterocycles. The summed E-state index contributed by atoms with van der Waals surface area (Å²) in [7, 11) is 1.57. The van der Waals surface area contributed by atoms with Crippen molar-refractivity contribution in [2.75, 3.05) is 20.2 Å².